The van der Waals surface area contributed by atoms with Crippen LogP contribution in [-0.2, 0) is 6.42 Å². The maximum atomic E-state index is 6.02. The van der Waals surface area contributed by atoms with Gasteiger partial charge in [0.05, 0.1) is 6.61 Å². The summed E-state index contributed by atoms with van der Waals surface area (Å²) in [5, 5.41) is 3.73. The molecule has 2 aliphatic rings. The van der Waals surface area contributed by atoms with Crippen LogP contribution in [0.2, 0.25) is 0 Å². The van der Waals surface area contributed by atoms with Crippen LogP contribution in [0.15, 0.2) is 35.9 Å². The maximum absolute atomic E-state index is 6.02. The number of hydrogen-bond acceptors (Lipinski definition) is 2. The van der Waals surface area contributed by atoms with Crippen molar-refractivity contribution < 1.29 is 4.74 Å². The van der Waals surface area contributed by atoms with Crippen LogP contribution in [0.1, 0.15) is 44.6 Å². The van der Waals surface area contributed by atoms with Crippen molar-refractivity contribution in [2.24, 2.45) is 5.92 Å². The second-order valence-corrected chi connectivity index (χ2v) is 6.30. The third-order valence-electron chi connectivity index (χ3n) is 4.78. The first-order valence-corrected chi connectivity index (χ1v) is 8.51. The molecule has 0 saturated carbocycles. The first-order chi connectivity index (χ1) is 10.4. The Labute approximate surface area is 128 Å². The Hall–Kier alpha value is -1.28. The summed E-state index contributed by atoms with van der Waals surface area (Å²) >= 11 is 0. The maximum Gasteiger partial charge on any atom is 0.122 e. The zero-order valence-electron chi connectivity index (χ0n) is 13.1. The number of para-hydroxylation sites is 1. The normalized spacial score (nSPS) is 23.5. The van der Waals surface area contributed by atoms with E-state index in [9.17, 15) is 0 Å². The first-order valence-electron chi connectivity index (χ1n) is 8.51. The number of ether oxygens (including phenoxy) is 1. The van der Waals surface area contributed by atoms with E-state index < -0.39 is 0 Å². The van der Waals surface area contributed by atoms with E-state index in [0.717, 1.165) is 25.3 Å². The molecular formula is C19H27NO. The third kappa shape index (κ3) is 3.49. The van der Waals surface area contributed by atoms with E-state index in [4.69, 9.17) is 4.74 Å². The highest BCUT2D eigenvalue weighted by atomic mass is 16.5. The smallest absolute Gasteiger partial charge is 0.122 e. The lowest BCUT2D eigenvalue weighted by atomic mass is 9.84. The number of allylic oxidation sites excluding steroid dienone is 1. The largest absolute Gasteiger partial charge is 0.493 e. The third-order valence-corrected chi connectivity index (χ3v) is 4.78. The van der Waals surface area contributed by atoms with Crippen LogP contribution in [0, 0.1) is 5.92 Å². The second-order valence-electron chi connectivity index (χ2n) is 6.30. The van der Waals surface area contributed by atoms with Crippen molar-refractivity contribution in [1.29, 1.82) is 0 Å². The second kappa shape index (κ2) is 7.13. The predicted molar refractivity (Wildman–Crippen MR) is 87.8 cm³/mol. The van der Waals surface area contributed by atoms with Crippen molar-refractivity contribution in [2.75, 3.05) is 13.2 Å². The lowest BCUT2D eigenvalue weighted by Crippen LogP contribution is -2.43. The van der Waals surface area contributed by atoms with Crippen LogP contribution >= 0.6 is 0 Å². The minimum Gasteiger partial charge on any atom is -0.493 e. The lowest BCUT2D eigenvalue weighted by Gasteiger charge is -2.33. The minimum atomic E-state index is 0.487. The Morgan fingerprint density at radius 1 is 1.24 bits per heavy atom. The monoisotopic (exact) mass is 285 g/mol. The molecule has 0 amide bonds. The Bertz CT molecular complexity index is 494. The molecule has 1 N–H and O–H groups in total. The summed E-state index contributed by atoms with van der Waals surface area (Å²) in [4.78, 5) is 0. The van der Waals surface area contributed by atoms with Crippen molar-refractivity contribution in [3.05, 3.63) is 41.5 Å². The lowest BCUT2D eigenvalue weighted by molar-refractivity contribution is 0.195. The van der Waals surface area contributed by atoms with E-state index in [1.165, 1.54) is 37.7 Å². The van der Waals surface area contributed by atoms with Crippen LogP contribution in [0.25, 0.3) is 0 Å². The minimum absolute atomic E-state index is 0.487. The Balaban J connectivity index is 1.77. The molecule has 0 radical (unpaired) electrons. The van der Waals surface area contributed by atoms with Gasteiger partial charge < -0.3 is 10.1 Å². The average Bonchev–Trinajstić information content (AvgIpc) is 2.81. The standard InChI is InChI=1S/C19H27NO/c1-2-20-19(15-9-5-3-4-6-10-15)17-13-16-11-7-8-12-18(16)21-14-17/h7-9,11-12,17,19-20H,2-6,10,13-14H2,1H3. The fourth-order valence-electron chi connectivity index (χ4n) is 3.71. The molecular weight excluding hydrogens is 258 g/mol. The van der Waals surface area contributed by atoms with E-state index in [2.05, 4.69) is 42.6 Å². The molecule has 1 aliphatic heterocycles. The molecule has 3 rings (SSSR count). The summed E-state index contributed by atoms with van der Waals surface area (Å²) in [5.41, 5.74) is 2.99. The molecule has 2 atom stereocenters. The van der Waals surface area contributed by atoms with Gasteiger partial charge in [0.15, 0.2) is 0 Å². The molecule has 0 aromatic heterocycles. The Morgan fingerprint density at radius 2 is 2.14 bits per heavy atom. The fourth-order valence-corrected chi connectivity index (χ4v) is 3.71. The number of fused-ring (bicyclic) bond motifs is 1. The first kappa shape index (κ1) is 14.6. The summed E-state index contributed by atoms with van der Waals surface area (Å²) in [7, 11) is 0. The molecule has 1 aliphatic carbocycles. The summed E-state index contributed by atoms with van der Waals surface area (Å²) in [6.07, 6.45) is 10.2. The van der Waals surface area contributed by atoms with Gasteiger partial charge in [0.1, 0.15) is 5.75 Å². The van der Waals surface area contributed by atoms with Gasteiger partial charge in [-0.3, -0.25) is 0 Å². The zero-order valence-corrected chi connectivity index (χ0v) is 13.1. The molecule has 114 valence electrons. The highest BCUT2D eigenvalue weighted by Gasteiger charge is 2.29. The van der Waals surface area contributed by atoms with Gasteiger partial charge in [-0.1, -0.05) is 43.2 Å². The van der Waals surface area contributed by atoms with Crippen molar-refractivity contribution in [1.82, 2.24) is 5.32 Å². The number of nitrogens with one attached hydrogen (secondary N) is 1. The molecule has 21 heavy (non-hydrogen) atoms. The van der Waals surface area contributed by atoms with Crippen molar-refractivity contribution in [2.45, 2.75) is 51.5 Å². The van der Waals surface area contributed by atoms with Crippen molar-refractivity contribution in [3.63, 3.8) is 0 Å². The van der Waals surface area contributed by atoms with Gasteiger partial charge >= 0.3 is 0 Å². The molecule has 2 nitrogen and oxygen atoms in total. The van der Waals surface area contributed by atoms with Crippen LogP contribution in [0.4, 0.5) is 0 Å². The van der Waals surface area contributed by atoms with Crippen molar-refractivity contribution >= 4 is 0 Å². The number of likely N-dealkylation sites (N-methyl/N-ethyl adjacent to an activating group) is 1. The fraction of sp³-hybridized carbons (Fsp3) is 0.579. The molecule has 1 aromatic rings. The summed E-state index contributed by atoms with van der Waals surface area (Å²) < 4.78 is 6.02. The van der Waals surface area contributed by atoms with Gasteiger partial charge in [-0.25, -0.2) is 0 Å². The number of rotatable bonds is 4. The predicted octanol–water partition coefficient (Wildman–Crippen LogP) is 4.11. The molecule has 0 spiro atoms. The van der Waals surface area contributed by atoms with Crippen LogP contribution in [0.5, 0.6) is 5.75 Å². The molecule has 1 aromatic carbocycles. The van der Waals surface area contributed by atoms with Crippen molar-refractivity contribution in [3.8, 4) is 5.75 Å². The van der Waals surface area contributed by atoms with Crippen LogP contribution in [0.3, 0.4) is 0 Å². The van der Waals surface area contributed by atoms with E-state index in [0.29, 0.717) is 12.0 Å². The van der Waals surface area contributed by atoms with E-state index in [1.807, 2.05) is 0 Å². The van der Waals surface area contributed by atoms with Gasteiger partial charge in [-0.05, 0) is 50.3 Å². The van der Waals surface area contributed by atoms with Crippen LogP contribution < -0.4 is 10.1 Å². The van der Waals surface area contributed by atoms with Gasteiger partial charge in [-0.2, -0.15) is 0 Å². The average molecular weight is 285 g/mol. The summed E-state index contributed by atoms with van der Waals surface area (Å²) in [6.45, 7) is 4.08. The topological polar surface area (TPSA) is 21.3 Å². The molecule has 2 heteroatoms. The summed E-state index contributed by atoms with van der Waals surface area (Å²) in [5.74, 6) is 1.64. The SMILES string of the molecule is CCNC(C1=CCCCCC1)C1COc2ccccc2C1. The zero-order chi connectivity index (χ0) is 14.5. The van der Waals surface area contributed by atoms with E-state index >= 15 is 0 Å². The molecule has 2 unspecified atom stereocenters. The molecule has 0 fully saturated rings. The Kier molecular flexibility index (Phi) is 4.97. The number of hydrogen-bond donors (Lipinski definition) is 1. The Morgan fingerprint density at radius 3 is 3.05 bits per heavy atom. The van der Waals surface area contributed by atoms with Gasteiger partial charge in [0.2, 0.25) is 0 Å². The molecule has 0 saturated heterocycles. The highest BCUT2D eigenvalue weighted by Crippen LogP contribution is 2.32. The summed E-state index contributed by atoms with van der Waals surface area (Å²) in [6, 6.07) is 8.98. The number of benzene rings is 1. The van der Waals surface area contributed by atoms with Gasteiger partial charge in [0.25, 0.3) is 0 Å². The quantitative estimate of drug-likeness (QED) is 0.841. The van der Waals surface area contributed by atoms with Crippen LogP contribution in [-0.4, -0.2) is 19.2 Å². The highest BCUT2D eigenvalue weighted by molar-refractivity contribution is 5.36. The molecule has 1 heterocycles. The molecule has 0 bridgehead atoms. The van der Waals surface area contributed by atoms with Gasteiger partial charge in [0, 0.05) is 12.0 Å². The van der Waals surface area contributed by atoms with E-state index in [-0.39, 0.29) is 0 Å². The van der Waals surface area contributed by atoms with Gasteiger partial charge in [-0.15, -0.1) is 0 Å². The van der Waals surface area contributed by atoms with E-state index in [1.54, 1.807) is 5.57 Å².